The number of aromatic amines is 1. The number of hydrogen-bond acceptors (Lipinski definition) is 6. The zero-order chi connectivity index (χ0) is 19.5. The van der Waals surface area contributed by atoms with Gasteiger partial charge >= 0.3 is 5.97 Å². The van der Waals surface area contributed by atoms with Crippen LogP contribution in [0, 0.1) is 5.92 Å². The molecule has 1 amide bonds. The summed E-state index contributed by atoms with van der Waals surface area (Å²) in [6, 6.07) is 0. The maximum atomic E-state index is 12.5. The highest BCUT2D eigenvalue weighted by Crippen LogP contribution is 2.33. The van der Waals surface area contributed by atoms with Crippen molar-refractivity contribution in [1.82, 2.24) is 20.2 Å². The number of carboxylic acids is 1. The Balaban J connectivity index is 1.45. The van der Waals surface area contributed by atoms with E-state index in [0.29, 0.717) is 12.4 Å². The third-order valence-electron chi connectivity index (χ3n) is 5.66. The van der Waals surface area contributed by atoms with Crippen LogP contribution >= 0.6 is 0 Å². The van der Waals surface area contributed by atoms with Gasteiger partial charge in [0.05, 0.1) is 30.0 Å². The van der Waals surface area contributed by atoms with Crippen LogP contribution in [0.2, 0.25) is 0 Å². The average molecular weight is 384 g/mol. The van der Waals surface area contributed by atoms with Crippen molar-refractivity contribution in [1.29, 1.82) is 0 Å². The van der Waals surface area contributed by atoms with E-state index in [9.17, 15) is 9.59 Å². The van der Waals surface area contributed by atoms with E-state index in [4.69, 9.17) is 5.11 Å². The van der Waals surface area contributed by atoms with Crippen LogP contribution in [-0.2, 0) is 4.79 Å². The summed E-state index contributed by atoms with van der Waals surface area (Å²) in [5.41, 5.74) is 1.63. The molecule has 0 radical (unpaired) electrons. The van der Waals surface area contributed by atoms with Gasteiger partial charge in [-0.05, 0) is 25.7 Å². The van der Waals surface area contributed by atoms with Crippen molar-refractivity contribution >= 4 is 23.4 Å². The van der Waals surface area contributed by atoms with Gasteiger partial charge in [-0.25, -0.2) is 14.8 Å². The minimum atomic E-state index is -1.09. The number of aromatic carboxylic acids is 1. The van der Waals surface area contributed by atoms with Gasteiger partial charge in [0.15, 0.2) is 5.69 Å². The van der Waals surface area contributed by atoms with Gasteiger partial charge in [0.25, 0.3) is 0 Å². The number of carbonyl (C=O) groups is 2. The van der Waals surface area contributed by atoms with Crippen LogP contribution in [0.4, 0.5) is 11.5 Å². The lowest BCUT2D eigenvalue weighted by Crippen LogP contribution is -2.35. The molecule has 0 spiro atoms. The maximum absolute atomic E-state index is 12.5. The molecule has 9 nitrogen and oxygen atoms in total. The zero-order valence-electron chi connectivity index (χ0n) is 15.6. The quantitative estimate of drug-likeness (QED) is 0.723. The first-order chi connectivity index (χ1) is 13.6. The highest BCUT2D eigenvalue weighted by atomic mass is 16.4. The van der Waals surface area contributed by atoms with Crippen molar-refractivity contribution in [3.63, 3.8) is 0 Å². The molecule has 1 aliphatic carbocycles. The van der Waals surface area contributed by atoms with Crippen LogP contribution in [0.3, 0.4) is 0 Å². The highest BCUT2D eigenvalue weighted by Gasteiger charge is 2.28. The molecule has 2 aromatic rings. The molecule has 1 unspecified atom stereocenters. The first-order valence-corrected chi connectivity index (χ1v) is 9.76. The highest BCUT2D eigenvalue weighted by molar-refractivity contribution is 5.93. The van der Waals surface area contributed by atoms with E-state index in [0.717, 1.165) is 56.5 Å². The van der Waals surface area contributed by atoms with Crippen LogP contribution in [0.5, 0.6) is 0 Å². The monoisotopic (exact) mass is 384 g/mol. The lowest BCUT2D eigenvalue weighted by atomic mass is 9.94. The number of hydrogen-bond donors (Lipinski definition) is 3. The molecule has 4 rings (SSSR count). The van der Waals surface area contributed by atoms with Crippen LogP contribution in [-0.4, -0.2) is 50.2 Å². The summed E-state index contributed by atoms with van der Waals surface area (Å²) < 4.78 is 0. The van der Waals surface area contributed by atoms with Crippen molar-refractivity contribution < 1.29 is 14.7 Å². The summed E-state index contributed by atoms with van der Waals surface area (Å²) in [4.78, 5) is 33.8. The van der Waals surface area contributed by atoms with Gasteiger partial charge in [-0.15, -0.1) is 0 Å². The summed E-state index contributed by atoms with van der Waals surface area (Å²) in [5, 5.41) is 19.2. The molecule has 1 saturated heterocycles. The molecule has 0 aromatic carbocycles. The van der Waals surface area contributed by atoms with Crippen LogP contribution in [0.1, 0.15) is 60.6 Å². The molecule has 9 heteroatoms. The zero-order valence-corrected chi connectivity index (χ0v) is 15.6. The second-order valence-corrected chi connectivity index (χ2v) is 7.52. The number of nitrogens with zero attached hydrogens (tertiary/aromatic N) is 4. The number of aromatic nitrogens is 4. The third kappa shape index (κ3) is 3.83. The Hall–Kier alpha value is -2.97. The Morgan fingerprint density at radius 3 is 2.64 bits per heavy atom. The van der Waals surface area contributed by atoms with E-state index in [1.165, 1.54) is 12.4 Å². The van der Waals surface area contributed by atoms with Gasteiger partial charge in [0, 0.05) is 24.9 Å². The molecule has 2 aromatic heterocycles. The maximum Gasteiger partial charge on any atom is 0.356 e. The predicted molar refractivity (Wildman–Crippen MR) is 102 cm³/mol. The van der Waals surface area contributed by atoms with Crippen molar-refractivity contribution in [2.45, 2.75) is 44.4 Å². The van der Waals surface area contributed by atoms with E-state index in [2.05, 4.69) is 30.4 Å². The molecule has 28 heavy (non-hydrogen) atoms. The normalized spacial score (nSPS) is 20.3. The number of nitrogens with one attached hydrogen (secondary N) is 2. The van der Waals surface area contributed by atoms with Crippen LogP contribution in [0.15, 0.2) is 18.6 Å². The lowest BCUT2D eigenvalue weighted by Gasteiger charge is -2.33. The first kappa shape index (κ1) is 18.4. The summed E-state index contributed by atoms with van der Waals surface area (Å²) >= 11 is 0. The number of rotatable bonds is 5. The first-order valence-electron chi connectivity index (χ1n) is 9.76. The fourth-order valence-corrected chi connectivity index (χ4v) is 4.15. The van der Waals surface area contributed by atoms with Crippen LogP contribution in [0.25, 0.3) is 0 Å². The van der Waals surface area contributed by atoms with Gasteiger partial charge in [0.1, 0.15) is 5.82 Å². The summed E-state index contributed by atoms with van der Waals surface area (Å²) in [6.45, 7) is 1.53. The van der Waals surface area contributed by atoms with Gasteiger partial charge in [-0.1, -0.05) is 12.8 Å². The number of amides is 1. The molecule has 1 saturated carbocycles. The van der Waals surface area contributed by atoms with E-state index < -0.39 is 5.97 Å². The molecule has 0 bridgehead atoms. The summed E-state index contributed by atoms with van der Waals surface area (Å²) in [6.07, 6.45) is 10.6. The molecule has 3 heterocycles. The fraction of sp³-hybridized carbons (Fsp3) is 0.526. The standard InChI is InChI=1S/C19H24N6O3/c26-18(12-4-1-2-5-12)23-14-9-22-24-17(14)13-6-3-7-25(11-13)16-10-20-15(8-21-16)19(27)28/h8-10,12-13H,1-7,11H2,(H,22,24)(H,23,26)(H,27,28). The number of anilines is 2. The van der Waals surface area contributed by atoms with Gasteiger partial charge < -0.3 is 15.3 Å². The van der Waals surface area contributed by atoms with E-state index in [1.807, 2.05) is 0 Å². The van der Waals surface area contributed by atoms with E-state index in [1.54, 1.807) is 6.20 Å². The molecular formula is C19H24N6O3. The minimum Gasteiger partial charge on any atom is -0.476 e. The number of H-pyrrole nitrogens is 1. The largest absolute Gasteiger partial charge is 0.476 e. The summed E-state index contributed by atoms with van der Waals surface area (Å²) in [5.74, 6) is -0.0610. The molecule has 2 aliphatic rings. The second kappa shape index (κ2) is 7.95. The van der Waals surface area contributed by atoms with Gasteiger partial charge in [-0.3, -0.25) is 9.89 Å². The molecule has 1 atom stereocenters. The number of carboxylic acid groups (broad SMARTS) is 1. The molecule has 148 valence electrons. The van der Waals surface area contributed by atoms with Gasteiger partial charge in [0.2, 0.25) is 5.91 Å². The van der Waals surface area contributed by atoms with Gasteiger partial charge in [-0.2, -0.15) is 5.10 Å². The molecular weight excluding hydrogens is 360 g/mol. The minimum absolute atomic E-state index is 0.0669. The van der Waals surface area contributed by atoms with Crippen molar-refractivity contribution in [3.8, 4) is 0 Å². The molecule has 1 aliphatic heterocycles. The molecule has 2 fully saturated rings. The van der Waals surface area contributed by atoms with E-state index in [-0.39, 0.29) is 23.4 Å². The van der Waals surface area contributed by atoms with Crippen molar-refractivity contribution in [2.24, 2.45) is 5.92 Å². The Kier molecular flexibility index (Phi) is 5.23. The Morgan fingerprint density at radius 2 is 1.93 bits per heavy atom. The SMILES string of the molecule is O=C(O)c1cnc(N2CCCC(c3[nH]ncc3NC(=O)C3CCCC3)C2)cn1. The van der Waals surface area contributed by atoms with Crippen LogP contribution < -0.4 is 10.2 Å². The predicted octanol–water partition coefficient (Wildman–Crippen LogP) is 2.41. The Morgan fingerprint density at radius 1 is 1.11 bits per heavy atom. The fourth-order valence-electron chi connectivity index (χ4n) is 4.15. The smallest absolute Gasteiger partial charge is 0.356 e. The van der Waals surface area contributed by atoms with E-state index >= 15 is 0 Å². The van der Waals surface area contributed by atoms with Crippen molar-refractivity contribution in [2.75, 3.05) is 23.3 Å². The summed E-state index contributed by atoms with van der Waals surface area (Å²) in [7, 11) is 0. The Bertz CT molecular complexity index is 844. The number of carbonyl (C=O) groups excluding carboxylic acids is 1. The second-order valence-electron chi connectivity index (χ2n) is 7.52. The van der Waals surface area contributed by atoms with Crippen molar-refractivity contribution in [3.05, 3.63) is 30.0 Å². The third-order valence-corrected chi connectivity index (χ3v) is 5.66. The Labute approximate surface area is 162 Å². The molecule has 3 N–H and O–H groups in total. The number of piperidine rings is 1. The topological polar surface area (TPSA) is 124 Å². The average Bonchev–Trinajstić information content (AvgIpc) is 3.40. The lowest BCUT2D eigenvalue weighted by molar-refractivity contribution is -0.119.